The highest BCUT2D eigenvalue weighted by Gasteiger charge is 2.44. The van der Waals surface area contributed by atoms with Crippen LogP contribution in [0.15, 0.2) is 53.7 Å². The van der Waals surface area contributed by atoms with Crippen molar-refractivity contribution >= 4 is 40.9 Å². The van der Waals surface area contributed by atoms with E-state index in [9.17, 15) is 14.4 Å². The number of hydrogen-bond donors (Lipinski definition) is 2. The molecule has 35 heavy (non-hydrogen) atoms. The van der Waals surface area contributed by atoms with Gasteiger partial charge in [-0.1, -0.05) is 35.0 Å². The first-order chi connectivity index (χ1) is 16.9. The molecule has 10 heteroatoms. The highest BCUT2D eigenvalue weighted by Crippen LogP contribution is 2.35. The fourth-order valence-electron chi connectivity index (χ4n) is 4.06. The Morgan fingerprint density at radius 2 is 1.89 bits per heavy atom. The Morgan fingerprint density at radius 3 is 2.60 bits per heavy atom. The highest BCUT2D eigenvalue weighted by atomic mass is 35.5. The first-order valence-electron chi connectivity index (χ1n) is 11.5. The Balaban J connectivity index is 1.25. The van der Waals surface area contributed by atoms with Gasteiger partial charge in [-0.05, 0) is 42.8 Å². The van der Waals surface area contributed by atoms with Crippen LogP contribution in [-0.2, 0) is 20.9 Å². The van der Waals surface area contributed by atoms with Gasteiger partial charge < -0.3 is 25.1 Å². The van der Waals surface area contributed by atoms with Gasteiger partial charge in [-0.25, -0.2) is 9.59 Å². The number of likely N-dealkylation sites (tertiary alicyclic amines) is 1. The molecule has 2 aliphatic rings. The molecule has 2 heterocycles. The fourth-order valence-corrected chi connectivity index (χ4v) is 4.18. The van der Waals surface area contributed by atoms with Crippen LogP contribution in [0.25, 0.3) is 0 Å². The quantitative estimate of drug-likeness (QED) is 0.585. The average Bonchev–Trinajstić information content (AvgIpc) is 3.27. The van der Waals surface area contributed by atoms with Gasteiger partial charge in [-0.15, -0.1) is 0 Å². The maximum Gasteiger partial charge on any atom is 0.338 e. The molecule has 0 saturated carbocycles. The van der Waals surface area contributed by atoms with Crippen LogP contribution >= 0.6 is 11.6 Å². The van der Waals surface area contributed by atoms with Crippen molar-refractivity contribution in [3.05, 3.63) is 64.7 Å². The number of esters is 1. The minimum absolute atomic E-state index is 0.263. The predicted molar refractivity (Wildman–Crippen MR) is 131 cm³/mol. The van der Waals surface area contributed by atoms with Crippen LogP contribution in [0.5, 0.6) is 0 Å². The number of urea groups is 1. The maximum absolute atomic E-state index is 12.7. The molecule has 2 aromatic carbocycles. The number of carbonyl (C=O) groups is 3. The summed E-state index contributed by atoms with van der Waals surface area (Å²) in [6, 6.07) is 13.6. The minimum atomic E-state index is -0.576. The second-order valence-corrected chi connectivity index (χ2v) is 8.95. The molecule has 2 aromatic rings. The third-order valence-electron chi connectivity index (χ3n) is 6.05. The summed E-state index contributed by atoms with van der Waals surface area (Å²) in [5, 5.41) is 10.4. The van der Waals surface area contributed by atoms with Crippen LogP contribution in [0.2, 0.25) is 5.02 Å². The monoisotopic (exact) mass is 498 g/mol. The van der Waals surface area contributed by atoms with Crippen molar-refractivity contribution in [1.29, 1.82) is 0 Å². The summed E-state index contributed by atoms with van der Waals surface area (Å²) in [7, 11) is 0. The molecule has 1 spiro atoms. The van der Waals surface area contributed by atoms with Gasteiger partial charge in [0.05, 0.1) is 12.2 Å². The lowest BCUT2D eigenvalue weighted by atomic mass is 9.87. The van der Waals surface area contributed by atoms with Gasteiger partial charge in [0.1, 0.15) is 11.3 Å². The van der Waals surface area contributed by atoms with E-state index >= 15 is 0 Å². The standard InChI is InChI=1S/C25H27ClN4O5/c1-2-34-23(32)18-4-3-5-20(14-18)28-24(33)30-12-10-25(11-13-30)15-21(29-35-25)22(31)27-16-17-6-8-19(26)9-7-17/h3-9,14H,2,10-13,15-16H2,1H3,(H,27,31)(H,28,33). The third-order valence-corrected chi connectivity index (χ3v) is 6.31. The fraction of sp³-hybridized carbons (Fsp3) is 0.360. The summed E-state index contributed by atoms with van der Waals surface area (Å²) < 4.78 is 5.01. The number of rotatable bonds is 6. The SMILES string of the molecule is CCOC(=O)c1cccc(NC(=O)N2CCC3(CC2)CC(C(=O)NCc2ccc(Cl)cc2)=NO3)c1. The molecule has 0 atom stereocenters. The highest BCUT2D eigenvalue weighted by molar-refractivity contribution is 6.39. The average molecular weight is 499 g/mol. The molecule has 4 rings (SSSR count). The van der Waals surface area contributed by atoms with Gasteiger partial charge in [0, 0.05) is 49.6 Å². The van der Waals surface area contributed by atoms with Crippen molar-refractivity contribution in [2.75, 3.05) is 25.0 Å². The zero-order valence-electron chi connectivity index (χ0n) is 19.4. The topological polar surface area (TPSA) is 109 Å². The number of halogens is 1. The van der Waals surface area contributed by atoms with E-state index < -0.39 is 11.6 Å². The first kappa shape index (κ1) is 24.5. The Labute approximate surface area is 208 Å². The van der Waals surface area contributed by atoms with Crippen molar-refractivity contribution < 1.29 is 24.0 Å². The summed E-state index contributed by atoms with van der Waals surface area (Å²) >= 11 is 5.89. The van der Waals surface area contributed by atoms with E-state index in [0.717, 1.165) is 5.56 Å². The summed E-state index contributed by atoms with van der Waals surface area (Å²) in [4.78, 5) is 44.6. The molecule has 2 N–H and O–H groups in total. The molecule has 0 bridgehead atoms. The van der Waals surface area contributed by atoms with Gasteiger partial charge in [-0.3, -0.25) is 4.79 Å². The van der Waals surface area contributed by atoms with E-state index in [4.69, 9.17) is 21.2 Å². The normalized spacial score (nSPS) is 16.3. The summed E-state index contributed by atoms with van der Waals surface area (Å²) in [6.07, 6.45) is 1.51. The van der Waals surface area contributed by atoms with E-state index in [0.29, 0.717) is 60.9 Å². The van der Waals surface area contributed by atoms with Gasteiger partial charge in [0.25, 0.3) is 5.91 Å². The molecule has 0 unspecified atom stereocenters. The van der Waals surface area contributed by atoms with Gasteiger partial charge >= 0.3 is 12.0 Å². The number of carbonyl (C=O) groups excluding carboxylic acids is 3. The van der Waals surface area contributed by atoms with Crippen molar-refractivity contribution in [3.8, 4) is 0 Å². The van der Waals surface area contributed by atoms with Crippen LogP contribution in [0.3, 0.4) is 0 Å². The number of amides is 3. The van der Waals surface area contributed by atoms with Gasteiger partial charge in [0.15, 0.2) is 0 Å². The molecule has 2 aliphatic heterocycles. The predicted octanol–water partition coefficient (Wildman–Crippen LogP) is 3.98. The summed E-state index contributed by atoms with van der Waals surface area (Å²) in [6.45, 7) is 3.30. The molecule has 1 fully saturated rings. The Kier molecular flexibility index (Phi) is 7.55. The van der Waals surface area contributed by atoms with Crippen molar-refractivity contribution in [1.82, 2.24) is 10.2 Å². The molecule has 3 amide bonds. The number of piperidine rings is 1. The van der Waals surface area contributed by atoms with Crippen molar-refractivity contribution in [3.63, 3.8) is 0 Å². The zero-order valence-corrected chi connectivity index (χ0v) is 20.1. The maximum atomic E-state index is 12.7. The van der Waals surface area contributed by atoms with E-state index in [-0.39, 0.29) is 18.5 Å². The van der Waals surface area contributed by atoms with Gasteiger partial charge in [0.2, 0.25) is 0 Å². The van der Waals surface area contributed by atoms with Crippen LogP contribution in [0.1, 0.15) is 42.1 Å². The number of nitrogens with one attached hydrogen (secondary N) is 2. The molecule has 0 aromatic heterocycles. The Hall–Kier alpha value is -3.59. The number of ether oxygens (including phenoxy) is 1. The van der Waals surface area contributed by atoms with E-state index in [2.05, 4.69) is 15.8 Å². The second kappa shape index (κ2) is 10.8. The van der Waals surface area contributed by atoms with Gasteiger partial charge in [-0.2, -0.15) is 0 Å². The van der Waals surface area contributed by atoms with Crippen LogP contribution in [0.4, 0.5) is 10.5 Å². The molecule has 9 nitrogen and oxygen atoms in total. The lowest BCUT2D eigenvalue weighted by Gasteiger charge is -2.37. The molecular weight excluding hydrogens is 472 g/mol. The number of oxime groups is 1. The largest absolute Gasteiger partial charge is 0.462 e. The third kappa shape index (κ3) is 6.10. The molecule has 1 saturated heterocycles. The number of anilines is 1. The smallest absolute Gasteiger partial charge is 0.338 e. The molecule has 0 aliphatic carbocycles. The first-order valence-corrected chi connectivity index (χ1v) is 11.9. The van der Waals surface area contributed by atoms with Crippen LogP contribution in [-0.4, -0.2) is 53.8 Å². The lowest BCUT2D eigenvalue weighted by molar-refractivity contribution is -0.115. The Morgan fingerprint density at radius 1 is 1.14 bits per heavy atom. The Bertz CT molecular complexity index is 1130. The van der Waals surface area contributed by atoms with Crippen LogP contribution in [0, 0.1) is 0 Å². The van der Waals surface area contributed by atoms with E-state index in [1.165, 1.54) is 0 Å². The summed E-state index contributed by atoms with van der Waals surface area (Å²) in [5.41, 5.74) is 1.60. The van der Waals surface area contributed by atoms with Crippen molar-refractivity contribution in [2.24, 2.45) is 5.16 Å². The second-order valence-electron chi connectivity index (χ2n) is 8.52. The zero-order chi connectivity index (χ0) is 24.8. The lowest BCUT2D eigenvalue weighted by Crippen LogP contribution is -2.48. The minimum Gasteiger partial charge on any atom is -0.462 e. The number of hydrogen-bond acceptors (Lipinski definition) is 6. The van der Waals surface area contributed by atoms with Crippen LogP contribution < -0.4 is 10.6 Å². The van der Waals surface area contributed by atoms with E-state index in [1.54, 1.807) is 48.2 Å². The molecule has 0 radical (unpaired) electrons. The molecule has 184 valence electrons. The van der Waals surface area contributed by atoms with E-state index in [1.807, 2.05) is 12.1 Å². The number of nitrogens with zero attached hydrogens (tertiary/aromatic N) is 2. The molecular formula is C25H27ClN4O5. The summed E-state index contributed by atoms with van der Waals surface area (Å²) in [5.74, 6) is -0.701. The van der Waals surface area contributed by atoms with Crippen molar-refractivity contribution in [2.45, 2.75) is 38.3 Å². The number of benzene rings is 2.